The van der Waals surface area contributed by atoms with Gasteiger partial charge >= 0.3 is 0 Å². The Labute approximate surface area is 83.4 Å². The van der Waals surface area contributed by atoms with Gasteiger partial charge in [-0.3, -0.25) is 0 Å². The normalized spacial score (nSPS) is 10.2. The van der Waals surface area contributed by atoms with Crippen molar-refractivity contribution < 1.29 is 4.74 Å². The van der Waals surface area contributed by atoms with Gasteiger partial charge in [-0.1, -0.05) is 39.1 Å². The highest BCUT2D eigenvalue weighted by Crippen LogP contribution is 2.18. The van der Waals surface area contributed by atoms with Gasteiger partial charge < -0.3 is 4.74 Å². The molecule has 1 aromatic carbocycles. The second-order valence-electron chi connectivity index (χ2n) is 1.83. The van der Waals surface area contributed by atoms with Crippen LogP contribution in [0.2, 0.25) is 0 Å². The molecule has 0 bridgehead atoms. The SMILES string of the molecule is ClC(Cl)Oc1ccc(Br)cc1. The molecule has 1 rings (SSSR count). The molecule has 0 spiro atoms. The Balaban J connectivity index is 2.66. The maximum atomic E-state index is 5.38. The molecule has 0 saturated heterocycles. The largest absolute Gasteiger partial charge is 0.461 e. The van der Waals surface area contributed by atoms with E-state index in [0.29, 0.717) is 5.75 Å². The highest BCUT2D eigenvalue weighted by molar-refractivity contribution is 9.10. The van der Waals surface area contributed by atoms with Crippen molar-refractivity contribution in [1.82, 2.24) is 0 Å². The summed E-state index contributed by atoms with van der Waals surface area (Å²) in [6.07, 6.45) is 0. The Morgan fingerprint density at radius 1 is 1.18 bits per heavy atom. The van der Waals surface area contributed by atoms with E-state index in [2.05, 4.69) is 15.9 Å². The van der Waals surface area contributed by atoms with Gasteiger partial charge in [0.05, 0.1) is 0 Å². The van der Waals surface area contributed by atoms with Crippen LogP contribution in [0.25, 0.3) is 0 Å². The molecular formula is C7H5BrCl2O. The number of hydrogen-bond donors (Lipinski definition) is 0. The van der Waals surface area contributed by atoms with E-state index >= 15 is 0 Å². The van der Waals surface area contributed by atoms with Crippen molar-refractivity contribution in [1.29, 1.82) is 0 Å². The highest BCUT2D eigenvalue weighted by Gasteiger charge is 1.98. The average Bonchev–Trinajstić information content (AvgIpc) is 1.93. The van der Waals surface area contributed by atoms with Crippen LogP contribution in [0, 0.1) is 0 Å². The van der Waals surface area contributed by atoms with E-state index in [-0.39, 0.29) is 0 Å². The van der Waals surface area contributed by atoms with Crippen LogP contribution in [-0.2, 0) is 0 Å². The molecule has 4 heteroatoms. The van der Waals surface area contributed by atoms with E-state index in [1.165, 1.54) is 0 Å². The van der Waals surface area contributed by atoms with E-state index in [0.717, 1.165) is 4.47 Å². The lowest BCUT2D eigenvalue weighted by Gasteiger charge is -2.04. The lowest BCUT2D eigenvalue weighted by atomic mass is 10.3. The lowest BCUT2D eigenvalue weighted by Crippen LogP contribution is -1.98. The number of halogens is 3. The molecule has 60 valence electrons. The summed E-state index contributed by atoms with van der Waals surface area (Å²) in [5.74, 6) is 0.656. The maximum Gasteiger partial charge on any atom is 0.247 e. The van der Waals surface area contributed by atoms with Gasteiger partial charge in [-0.05, 0) is 24.3 Å². The monoisotopic (exact) mass is 254 g/mol. The fourth-order valence-electron chi connectivity index (χ4n) is 0.616. The first-order valence-electron chi connectivity index (χ1n) is 2.89. The molecule has 0 N–H and O–H groups in total. The van der Waals surface area contributed by atoms with Crippen LogP contribution in [0.3, 0.4) is 0 Å². The average molecular weight is 256 g/mol. The van der Waals surface area contributed by atoms with Crippen molar-refractivity contribution in [2.75, 3.05) is 0 Å². The summed E-state index contributed by atoms with van der Waals surface area (Å²) in [6.45, 7) is 0. The third-order valence-corrected chi connectivity index (χ3v) is 1.75. The minimum Gasteiger partial charge on any atom is -0.461 e. The molecule has 0 fully saturated rings. The van der Waals surface area contributed by atoms with Crippen molar-refractivity contribution in [3.05, 3.63) is 28.7 Å². The van der Waals surface area contributed by atoms with Crippen LogP contribution < -0.4 is 4.74 Å². The molecule has 0 aliphatic rings. The molecule has 0 radical (unpaired) electrons. The number of benzene rings is 1. The Bertz CT molecular complexity index is 222. The van der Waals surface area contributed by atoms with Crippen LogP contribution in [0.4, 0.5) is 0 Å². The van der Waals surface area contributed by atoms with Crippen LogP contribution in [0.1, 0.15) is 0 Å². The van der Waals surface area contributed by atoms with E-state index < -0.39 is 5.02 Å². The molecule has 0 aromatic heterocycles. The molecule has 0 heterocycles. The summed E-state index contributed by atoms with van der Waals surface area (Å²) in [4.78, 5) is 0. The smallest absolute Gasteiger partial charge is 0.247 e. The molecule has 0 aliphatic heterocycles. The van der Waals surface area contributed by atoms with E-state index in [1.54, 1.807) is 12.1 Å². The zero-order chi connectivity index (χ0) is 8.27. The van der Waals surface area contributed by atoms with E-state index in [1.807, 2.05) is 12.1 Å². The first-order chi connectivity index (χ1) is 5.18. The van der Waals surface area contributed by atoms with Gasteiger partial charge in [0.2, 0.25) is 5.02 Å². The predicted octanol–water partition coefficient (Wildman–Crippen LogP) is 3.59. The van der Waals surface area contributed by atoms with Crippen LogP contribution in [0.5, 0.6) is 5.75 Å². The third kappa shape index (κ3) is 3.32. The van der Waals surface area contributed by atoms with Crippen molar-refractivity contribution in [2.24, 2.45) is 0 Å². The summed E-state index contributed by atoms with van der Waals surface area (Å²) in [5, 5.41) is -0.809. The minimum absolute atomic E-state index is 0.656. The number of hydrogen-bond acceptors (Lipinski definition) is 1. The molecule has 1 aromatic rings. The van der Waals surface area contributed by atoms with Gasteiger partial charge in [-0.2, -0.15) is 0 Å². The molecular weight excluding hydrogens is 251 g/mol. The Kier molecular flexibility index (Phi) is 3.49. The molecule has 0 amide bonds. The Hall–Kier alpha value is 0.0800. The lowest BCUT2D eigenvalue weighted by molar-refractivity contribution is 0.354. The van der Waals surface area contributed by atoms with Crippen molar-refractivity contribution in [2.45, 2.75) is 5.02 Å². The van der Waals surface area contributed by atoms with E-state index in [9.17, 15) is 0 Å². The molecule has 0 atom stereocenters. The molecule has 0 unspecified atom stereocenters. The van der Waals surface area contributed by atoms with Gasteiger partial charge in [0, 0.05) is 4.47 Å². The van der Waals surface area contributed by atoms with E-state index in [4.69, 9.17) is 27.9 Å². The minimum atomic E-state index is -0.809. The first kappa shape index (κ1) is 9.17. The first-order valence-corrected chi connectivity index (χ1v) is 4.55. The van der Waals surface area contributed by atoms with Crippen molar-refractivity contribution in [3.63, 3.8) is 0 Å². The number of rotatable bonds is 2. The van der Waals surface area contributed by atoms with Gasteiger partial charge in [0.15, 0.2) is 0 Å². The summed E-state index contributed by atoms with van der Waals surface area (Å²) in [5.41, 5.74) is 0. The van der Waals surface area contributed by atoms with Crippen molar-refractivity contribution >= 4 is 39.1 Å². The zero-order valence-electron chi connectivity index (χ0n) is 5.43. The predicted molar refractivity (Wildman–Crippen MR) is 50.3 cm³/mol. The second kappa shape index (κ2) is 4.19. The molecule has 1 nitrogen and oxygen atoms in total. The summed E-state index contributed by atoms with van der Waals surface area (Å²) < 4.78 is 5.97. The van der Waals surface area contributed by atoms with Crippen LogP contribution in [-0.4, -0.2) is 5.02 Å². The van der Waals surface area contributed by atoms with Crippen LogP contribution in [0.15, 0.2) is 28.7 Å². The maximum absolute atomic E-state index is 5.38. The fraction of sp³-hybridized carbons (Fsp3) is 0.143. The number of ether oxygens (including phenoxy) is 1. The second-order valence-corrected chi connectivity index (χ2v) is 3.76. The van der Waals surface area contributed by atoms with Gasteiger partial charge in [-0.15, -0.1) is 0 Å². The third-order valence-electron chi connectivity index (χ3n) is 1.04. The van der Waals surface area contributed by atoms with Gasteiger partial charge in [0.1, 0.15) is 5.75 Å². The summed E-state index contributed by atoms with van der Waals surface area (Å²) >= 11 is 14.1. The van der Waals surface area contributed by atoms with Gasteiger partial charge in [0.25, 0.3) is 0 Å². The number of alkyl halides is 2. The summed E-state index contributed by atoms with van der Waals surface area (Å²) in [6, 6.07) is 7.26. The Morgan fingerprint density at radius 3 is 2.18 bits per heavy atom. The fourth-order valence-corrected chi connectivity index (χ4v) is 1.09. The Morgan fingerprint density at radius 2 is 1.73 bits per heavy atom. The molecule has 0 aliphatic carbocycles. The quantitative estimate of drug-likeness (QED) is 0.734. The highest BCUT2D eigenvalue weighted by atomic mass is 79.9. The zero-order valence-corrected chi connectivity index (χ0v) is 8.53. The summed E-state index contributed by atoms with van der Waals surface area (Å²) in [7, 11) is 0. The molecule has 11 heavy (non-hydrogen) atoms. The standard InChI is InChI=1S/C7H5BrCl2O/c8-5-1-3-6(4-2-5)11-7(9)10/h1-4,7H. The van der Waals surface area contributed by atoms with Crippen LogP contribution >= 0.6 is 39.1 Å². The molecule has 0 saturated carbocycles. The topological polar surface area (TPSA) is 9.23 Å². The van der Waals surface area contributed by atoms with Crippen molar-refractivity contribution in [3.8, 4) is 5.75 Å². The van der Waals surface area contributed by atoms with Gasteiger partial charge in [-0.25, -0.2) is 0 Å².